The fourth-order valence-corrected chi connectivity index (χ4v) is 5.23. The molecule has 5 nitrogen and oxygen atoms in total. The molecule has 5 rings (SSSR count). The van der Waals surface area contributed by atoms with Crippen molar-refractivity contribution in [2.24, 2.45) is 0 Å². The van der Waals surface area contributed by atoms with E-state index in [0.717, 1.165) is 34.4 Å². The average molecular weight is 602 g/mol. The first-order valence-corrected chi connectivity index (χ1v) is 14.1. The Kier molecular flexibility index (Phi) is 8.41. The van der Waals surface area contributed by atoms with E-state index in [4.69, 9.17) is 4.98 Å². The quantitative estimate of drug-likeness (QED) is 0.179. The summed E-state index contributed by atoms with van der Waals surface area (Å²) in [6.07, 6.45) is -5.20. The molecule has 0 aliphatic heterocycles. The molecule has 0 spiro atoms. The van der Waals surface area contributed by atoms with Crippen LogP contribution in [0.2, 0.25) is 0 Å². The summed E-state index contributed by atoms with van der Waals surface area (Å²) in [5.41, 5.74) is 3.35. The highest BCUT2D eigenvalue weighted by Crippen LogP contribution is 2.32. The van der Waals surface area contributed by atoms with Crippen molar-refractivity contribution < 1.29 is 22.4 Å². The van der Waals surface area contributed by atoms with Gasteiger partial charge in [-0.25, -0.2) is 9.37 Å². The van der Waals surface area contributed by atoms with Gasteiger partial charge >= 0.3 is 6.18 Å². The predicted molar refractivity (Wildman–Crippen MR) is 162 cm³/mol. The van der Waals surface area contributed by atoms with Gasteiger partial charge in [0.1, 0.15) is 11.6 Å². The third-order valence-electron chi connectivity index (χ3n) is 7.87. The van der Waals surface area contributed by atoms with Crippen LogP contribution in [-0.4, -0.2) is 20.4 Å². The number of fused-ring (bicyclic) bond motifs is 1. The molecule has 0 radical (unpaired) electrons. The molecule has 0 saturated carbocycles. The van der Waals surface area contributed by atoms with E-state index in [9.17, 15) is 27.2 Å². The fourth-order valence-electron chi connectivity index (χ4n) is 5.23. The summed E-state index contributed by atoms with van der Waals surface area (Å²) < 4.78 is 55.4. The second kappa shape index (κ2) is 12.1. The van der Waals surface area contributed by atoms with Crippen molar-refractivity contribution in [3.63, 3.8) is 0 Å². The number of amides is 1. The summed E-state index contributed by atoms with van der Waals surface area (Å²) in [6, 6.07) is 21.9. The van der Waals surface area contributed by atoms with Crippen molar-refractivity contribution in [3.8, 4) is 5.69 Å². The molecule has 226 valence electrons. The lowest BCUT2D eigenvalue weighted by molar-refractivity contribution is -0.140. The Hall–Kier alpha value is -4.79. The molecule has 0 unspecified atom stereocenters. The molecule has 1 amide bonds. The number of hydrogen-bond acceptors (Lipinski definition) is 3. The molecule has 44 heavy (non-hydrogen) atoms. The Morgan fingerprint density at radius 1 is 0.886 bits per heavy atom. The Bertz CT molecular complexity index is 1910. The number of carbonyl (C=O) groups is 1. The maximum atomic E-state index is 14.4. The number of rotatable bonds is 7. The van der Waals surface area contributed by atoms with Crippen LogP contribution < -0.4 is 5.56 Å². The van der Waals surface area contributed by atoms with Crippen LogP contribution in [0.3, 0.4) is 0 Å². The summed E-state index contributed by atoms with van der Waals surface area (Å²) in [5.74, 6) is -1.60. The highest BCUT2D eigenvalue weighted by molar-refractivity contribution is 5.80. The van der Waals surface area contributed by atoms with Crippen molar-refractivity contribution in [3.05, 3.63) is 140 Å². The first kappa shape index (κ1) is 30.7. The van der Waals surface area contributed by atoms with Gasteiger partial charge in [0, 0.05) is 6.54 Å². The third kappa shape index (κ3) is 6.27. The lowest BCUT2D eigenvalue weighted by atomic mass is 10.0. The van der Waals surface area contributed by atoms with Crippen LogP contribution in [-0.2, 0) is 23.9 Å². The van der Waals surface area contributed by atoms with Crippen molar-refractivity contribution in [2.45, 2.75) is 52.9 Å². The minimum absolute atomic E-state index is 0.0974. The van der Waals surface area contributed by atoms with Crippen molar-refractivity contribution >= 4 is 16.8 Å². The lowest BCUT2D eigenvalue weighted by Crippen LogP contribution is -2.38. The van der Waals surface area contributed by atoms with Crippen LogP contribution in [0.25, 0.3) is 16.6 Å². The number of hydrogen-bond donors (Lipinski definition) is 0. The highest BCUT2D eigenvalue weighted by atomic mass is 19.4. The first-order chi connectivity index (χ1) is 20.8. The molecule has 0 saturated heterocycles. The van der Waals surface area contributed by atoms with Gasteiger partial charge in [-0.05, 0) is 86.3 Å². The molecular weight excluding hydrogens is 570 g/mol. The van der Waals surface area contributed by atoms with Crippen molar-refractivity contribution in [1.82, 2.24) is 14.5 Å². The van der Waals surface area contributed by atoms with E-state index in [0.29, 0.717) is 28.5 Å². The summed E-state index contributed by atoms with van der Waals surface area (Å²) in [4.78, 5) is 34.3. The van der Waals surface area contributed by atoms with Crippen LogP contribution in [0, 0.1) is 26.6 Å². The smallest absolute Gasteiger partial charge is 0.328 e. The zero-order valence-corrected chi connectivity index (χ0v) is 24.7. The van der Waals surface area contributed by atoms with Gasteiger partial charge in [-0.1, -0.05) is 54.1 Å². The highest BCUT2D eigenvalue weighted by Gasteiger charge is 2.34. The molecule has 0 bridgehead atoms. The number of carbonyl (C=O) groups excluding carboxylic acids is 1. The second-order valence-electron chi connectivity index (χ2n) is 11.1. The van der Waals surface area contributed by atoms with E-state index in [1.54, 1.807) is 31.2 Å². The number of halogens is 4. The Balaban J connectivity index is 1.62. The van der Waals surface area contributed by atoms with Gasteiger partial charge in [0.15, 0.2) is 0 Å². The predicted octanol–water partition coefficient (Wildman–Crippen LogP) is 7.80. The van der Waals surface area contributed by atoms with Crippen LogP contribution in [0.5, 0.6) is 0 Å². The van der Waals surface area contributed by atoms with Crippen LogP contribution >= 0.6 is 0 Å². The van der Waals surface area contributed by atoms with E-state index in [1.165, 1.54) is 9.47 Å². The topological polar surface area (TPSA) is 55.2 Å². The van der Waals surface area contributed by atoms with Gasteiger partial charge in [0.2, 0.25) is 5.91 Å². The standard InChI is InChI=1S/C35H31F4N3O2/c1-21-9-14-27(15-10-21)42-33(40-31-8-6-5-7-28(31)34(42)44)24(4)41(20-26-12-11-22(2)23(3)17-26)32(43)19-25-13-16-29(30(36)18-25)35(37,38)39/h5-18,24H,19-20H2,1-4H3/t24-/m1/s1. The van der Waals surface area contributed by atoms with Crippen molar-refractivity contribution in [2.75, 3.05) is 0 Å². The number of aryl methyl sites for hydroxylation is 3. The van der Waals surface area contributed by atoms with Gasteiger partial charge in [-0.3, -0.25) is 14.2 Å². The van der Waals surface area contributed by atoms with Crippen LogP contribution in [0.15, 0.2) is 89.7 Å². The minimum atomic E-state index is -4.85. The third-order valence-corrected chi connectivity index (χ3v) is 7.87. The zero-order chi connectivity index (χ0) is 31.8. The SMILES string of the molecule is Cc1ccc(-n2c([C@@H](C)N(Cc3ccc(C)c(C)c3)C(=O)Cc3ccc(C(F)(F)F)c(F)c3)nc3ccccc3c2=O)cc1. The second-order valence-corrected chi connectivity index (χ2v) is 11.1. The van der Waals surface area contributed by atoms with E-state index in [-0.39, 0.29) is 24.1 Å². The average Bonchev–Trinajstić information content (AvgIpc) is 2.97. The summed E-state index contributed by atoms with van der Waals surface area (Å²) >= 11 is 0. The Morgan fingerprint density at radius 3 is 2.23 bits per heavy atom. The Labute approximate surface area is 252 Å². The first-order valence-electron chi connectivity index (χ1n) is 14.1. The molecule has 4 aromatic carbocycles. The summed E-state index contributed by atoms with van der Waals surface area (Å²) in [5, 5.41) is 0.413. The van der Waals surface area contributed by atoms with Gasteiger partial charge < -0.3 is 4.90 Å². The van der Waals surface area contributed by atoms with Crippen molar-refractivity contribution in [1.29, 1.82) is 0 Å². The molecular formula is C35H31F4N3O2. The van der Waals surface area contributed by atoms with Crippen LogP contribution in [0.1, 0.15) is 52.2 Å². The number of para-hydroxylation sites is 1. The molecule has 0 N–H and O–H groups in total. The van der Waals surface area contributed by atoms with Crippen LogP contribution in [0.4, 0.5) is 17.6 Å². The number of alkyl halides is 3. The largest absolute Gasteiger partial charge is 0.419 e. The molecule has 0 aliphatic carbocycles. The Morgan fingerprint density at radius 2 is 1.57 bits per heavy atom. The molecule has 1 atom stereocenters. The number of nitrogens with zero attached hydrogens (tertiary/aromatic N) is 3. The maximum Gasteiger partial charge on any atom is 0.419 e. The molecule has 1 heterocycles. The molecule has 9 heteroatoms. The van der Waals surface area contributed by atoms with Gasteiger partial charge in [0.25, 0.3) is 5.56 Å². The minimum Gasteiger partial charge on any atom is -0.328 e. The maximum absolute atomic E-state index is 14.4. The van der Waals surface area contributed by atoms with E-state index in [2.05, 4.69) is 0 Å². The zero-order valence-electron chi connectivity index (χ0n) is 24.7. The molecule has 0 fully saturated rings. The van der Waals surface area contributed by atoms with E-state index >= 15 is 0 Å². The van der Waals surface area contributed by atoms with Gasteiger partial charge in [0.05, 0.1) is 34.6 Å². The molecule has 0 aliphatic rings. The fraction of sp³-hybridized carbons (Fsp3) is 0.229. The molecule has 5 aromatic rings. The van der Waals surface area contributed by atoms with Gasteiger partial charge in [-0.15, -0.1) is 0 Å². The van der Waals surface area contributed by atoms with Gasteiger partial charge in [-0.2, -0.15) is 13.2 Å². The van der Waals surface area contributed by atoms with E-state index in [1.807, 2.05) is 63.2 Å². The van der Waals surface area contributed by atoms with E-state index < -0.39 is 29.5 Å². The number of benzene rings is 4. The monoisotopic (exact) mass is 601 g/mol. The summed E-state index contributed by atoms with van der Waals surface area (Å²) in [6.45, 7) is 7.75. The number of aromatic nitrogens is 2. The normalized spacial score (nSPS) is 12.4. The lowest BCUT2D eigenvalue weighted by Gasteiger charge is -2.31. The molecule has 1 aromatic heterocycles. The summed E-state index contributed by atoms with van der Waals surface area (Å²) in [7, 11) is 0.